The third-order valence-corrected chi connectivity index (χ3v) is 2.14. The summed E-state index contributed by atoms with van der Waals surface area (Å²) in [5, 5.41) is 11.7. The van der Waals surface area contributed by atoms with Gasteiger partial charge in [0.2, 0.25) is 5.91 Å². The van der Waals surface area contributed by atoms with Crippen molar-refractivity contribution >= 4 is 5.91 Å². The monoisotopic (exact) mass is 187 g/mol. The zero-order valence-corrected chi connectivity index (χ0v) is 8.01. The molecule has 4 nitrogen and oxygen atoms in total. The van der Waals surface area contributed by atoms with Gasteiger partial charge in [0.1, 0.15) is 6.61 Å². The number of hydrogen-bond donors (Lipinski definition) is 2. The molecule has 1 saturated carbocycles. The number of nitrogens with one attached hydrogen (secondary N) is 1. The molecule has 0 aromatic carbocycles. The van der Waals surface area contributed by atoms with Gasteiger partial charge in [0.25, 0.3) is 0 Å². The van der Waals surface area contributed by atoms with Gasteiger partial charge in [-0.15, -0.1) is 0 Å². The number of hydrogen-bond acceptors (Lipinski definition) is 3. The van der Waals surface area contributed by atoms with Crippen LogP contribution in [0.2, 0.25) is 0 Å². The summed E-state index contributed by atoms with van der Waals surface area (Å²) in [5.41, 5.74) is -0.313. The number of carbonyl (C=O) groups excluding carboxylic acids is 1. The minimum absolute atomic E-state index is 0.0342. The van der Waals surface area contributed by atoms with Gasteiger partial charge in [-0.1, -0.05) is 6.92 Å². The minimum atomic E-state index is -0.313. The molecule has 0 atom stereocenters. The molecule has 1 fully saturated rings. The molecule has 1 amide bonds. The van der Waals surface area contributed by atoms with Crippen LogP contribution in [0.15, 0.2) is 0 Å². The van der Waals surface area contributed by atoms with E-state index in [1.165, 1.54) is 0 Å². The third-order valence-electron chi connectivity index (χ3n) is 2.14. The number of rotatable bonds is 6. The first-order valence-corrected chi connectivity index (χ1v) is 4.72. The average Bonchev–Trinajstić information content (AvgIpc) is 2.86. The van der Waals surface area contributed by atoms with E-state index in [4.69, 9.17) is 9.84 Å². The van der Waals surface area contributed by atoms with E-state index in [-0.39, 0.29) is 24.7 Å². The van der Waals surface area contributed by atoms with Gasteiger partial charge in [-0.2, -0.15) is 0 Å². The molecular formula is C9H17NO3. The summed E-state index contributed by atoms with van der Waals surface area (Å²) in [6.45, 7) is 2.75. The Morgan fingerprint density at radius 3 is 2.77 bits per heavy atom. The lowest BCUT2D eigenvalue weighted by Crippen LogP contribution is -2.41. The van der Waals surface area contributed by atoms with Crippen LogP contribution in [0.5, 0.6) is 0 Å². The van der Waals surface area contributed by atoms with Crippen molar-refractivity contribution in [2.24, 2.45) is 0 Å². The fourth-order valence-electron chi connectivity index (χ4n) is 1.11. The third kappa shape index (κ3) is 3.32. The van der Waals surface area contributed by atoms with E-state index in [9.17, 15) is 4.79 Å². The largest absolute Gasteiger partial charge is 0.394 e. The lowest BCUT2D eigenvalue weighted by atomic mass is 10.3. The Balaban J connectivity index is 2.11. The summed E-state index contributed by atoms with van der Waals surface area (Å²) >= 11 is 0. The highest BCUT2D eigenvalue weighted by molar-refractivity contribution is 5.78. The Morgan fingerprint density at radius 2 is 2.31 bits per heavy atom. The number of aliphatic hydroxyl groups is 1. The molecule has 13 heavy (non-hydrogen) atoms. The van der Waals surface area contributed by atoms with E-state index in [2.05, 4.69) is 5.32 Å². The topological polar surface area (TPSA) is 58.6 Å². The standard InChI is InChI=1S/C9H17NO3/c1-2-5-13-6-8(12)10-9(7-11)3-4-9/h11H,2-7H2,1H3,(H,10,12). The molecule has 0 aromatic rings. The van der Waals surface area contributed by atoms with Crippen LogP contribution >= 0.6 is 0 Å². The van der Waals surface area contributed by atoms with Crippen molar-refractivity contribution in [1.82, 2.24) is 5.32 Å². The van der Waals surface area contributed by atoms with E-state index < -0.39 is 0 Å². The summed E-state index contributed by atoms with van der Waals surface area (Å²) in [6, 6.07) is 0. The zero-order chi connectivity index (χ0) is 9.73. The first kappa shape index (κ1) is 10.5. The lowest BCUT2D eigenvalue weighted by molar-refractivity contribution is -0.127. The molecule has 0 spiro atoms. The van der Waals surface area contributed by atoms with Crippen molar-refractivity contribution < 1.29 is 14.6 Å². The van der Waals surface area contributed by atoms with Gasteiger partial charge in [0.05, 0.1) is 12.1 Å². The Bertz CT molecular complexity index is 178. The quantitative estimate of drug-likeness (QED) is 0.578. The van der Waals surface area contributed by atoms with Crippen molar-refractivity contribution in [3.8, 4) is 0 Å². The van der Waals surface area contributed by atoms with Crippen LogP contribution in [0.4, 0.5) is 0 Å². The molecule has 0 aromatic heterocycles. The Morgan fingerprint density at radius 1 is 1.62 bits per heavy atom. The fourth-order valence-corrected chi connectivity index (χ4v) is 1.11. The minimum Gasteiger partial charge on any atom is -0.394 e. The van der Waals surface area contributed by atoms with Crippen molar-refractivity contribution in [3.05, 3.63) is 0 Å². The molecule has 0 bridgehead atoms. The van der Waals surface area contributed by atoms with Crippen LogP contribution in [0.3, 0.4) is 0 Å². The van der Waals surface area contributed by atoms with Gasteiger partial charge in [-0.25, -0.2) is 0 Å². The molecule has 0 saturated heterocycles. The van der Waals surface area contributed by atoms with Gasteiger partial charge in [0, 0.05) is 6.61 Å². The maximum Gasteiger partial charge on any atom is 0.246 e. The fraction of sp³-hybridized carbons (Fsp3) is 0.889. The second-order valence-corrected chi connectivity index (χ2v) is 3.54. The summed E-state index contributed by atoms with van der Waals surface area (Å²) in [5.74, 6) is -0.125. The number of carbonyl (C=O) groups is 1. The van der Waals surface area contributed by atoms with E-state index in [1.807, 2.05) is 6.92 Å². The van der Waals surface area contributed by atoms with Crippen molar-refractivity contribution in [2.75, 3.05) is 19.8 Å². The number of ether oxygens (including phenoxy) is 1. The molecule has 2 N–H and O–H groups in total. The van der Waals surface area contributed by atoms with Crippen LogP contribution in [0.1, 0.15) is 26.2 Å². The van der Waals surface area contributed by atoms with Crippen LogP contribution in [-0.2, 0) is 9.53 Å². The smallest absolute Gasteiger partial charge is 0.246 e. The van der Waals surface area contributed by atoms with Gasteiger partial charge in [-0.05, 0) is 19.3 Å². The van der Waals surface area contributed by atoms with Crippen LogP contribution in [0, 0.1) is 0 Å². The number of amides is 1. The SMILES string of the molecule is CCCOCC(=O)NC1(CO)CC1. The van der Waals surface area contributed by atoms with Crippen molar-refractivity contribution in [2.45, 2.75) is 31.7 Å². The predicted octanol–water partition coefficient (Wildman–Crippen LogP) is 0.0541. The van der Waals surface area contributed by atoms with Crippen LogP contribution in [0.25, 0.3) is 0 Å². The highest BCUT2D eigenvalue weighted by Crippen LogP contribution is 2.34. The molecule has 1 rings (SSSR count). The predicted molar refractivity (Wildman–Crippen MR) is 48.3 cm³/mol. The van der Waals surface area contributed by atoms with Gasteiger partial charge >= 0.3 is 0 Å². The molecule has 0 radical (unpaired) electrons. The molecular weight excluding hydrogens is 170 g/mol. The normalized spacial score (nSPS) is 18.3. The highest BCUT2D eigenvalue weighted by Gasteiger charge is 2.43. The van der Waals surface area contributed by atoms with E-state index in [0.717, 1.165) is 19.3 Å². The summed E-state index contributed by atoms with van der Waals surface area (Å²) < 4.78 is 5.07. The maximum atomic E-state index is 11.2. The molecule has 1 aliphatic carbocycles. The second kappa shape index (κ2) is 4.58. The average molecular weight is 187 g/mol. The summed E-state index contributed by atoms with van der Waals surface area (Å²) in [6.07, 6.45) is 2.67. The Hall–Kier alpha value is -0.610. The highest BCUT2D eigenvalue weighted by atomic mass is 16.5. The van der Waals surface area contributed by atoms with Gasteiger partial charge < -0.3 is 15.2 Å². The lowest BCUT2D eigenvalue weighted by Gasteiger charge is -2.13. The van der Waals surface area contributed by atoms with Gasteiger partial charge in [0.15, 0.2) is 0 Å². The molecule has 0 aliphatic heterocycles. The maximum absolute atomic E-state index is 11.2. The summed E-state index contributed by atoms with van der Waals surface area (Å²) in [4.78, 5) is 11.2. The van der Waals surface area contributed by atoms with E-state index >= 15 is 0 Å². The molecule has 4 heteroatoms. The number of aliphatic hydroxyl groups excluding tert-OH is 1. The molecule has 0 unspecified atom stereocenters. The van der Waals surface area contributed by atoms with Crippen molar-refractivity contribution in [1.29, 1.82) is 0 Å². The first-order valence-electron chi connectivity index (χ1n) is 4.72. The second-order valence-electron chi connectivity index (χ2n) is 3.54. The van der Waals surface area contributed by atoms with E-state index in [1.54, 1.807) is 0 Å². The van der Waals surface area contributed by atoms with Crippen molar-refractivity contribution in [3.63, 3.8) is 0 Å². The molecule has 76 valence electrons. The first-order chi connectivity index (χ1) is 6.22. The van der Waals surface area contributed by atoms with E-state index in [0.29, 0.717) is 6.61 Å². The summed E-state index contributed by atoms with van der Waals surface area (Å²) in [7, 11) is 0. The Labute approximate surface area is 78.3 Å². The zero-order valence-electron chi connectivity index (χ0n) is 8.01. The molecule has 0 heterocycles. The molecule has 1 aliphatic rings. The Kier molecular flexibility index (Phi) is 3.69. The van der Waals surface area contributed by atoms with Gasteiger partial charge in [-0.3, -0.25) is 4.79 Å². The van der Waals surface area contributed by atoms with Crippen LogP contribution in [-0.4, -0.2) is 36.4 Å². The van der Waals surface area contributed by atoms with Crippen LogP contribution < -0.4 is 5.32 Å².